The molecule has 3 N–H and O–H groups in total. The van der Waals surface area contributed by atoms with E-state index in [9.17, 15) is 10.1 Å². The average molecular weight is 269 g/mol. The van der Waals surface area contributed by atoms with Gasteiger partial charge in [0, 0.05) is 17.3 Å². The first-order chi connectivity index (χ1) is 9.54. The molecular formula is C13H11N5O2. The lowest BCUT2D eigenvalue weighted by molar-refractivity contribution is -0.383. The number of nitro groups is 1. The predicted octanol–water partition coefficient (Wildman–Crippen LogP) is 2.42. The first-order valence-corrected chi connectivity index (χ1v) is 5.92. The third-order valence-corrected chi connectivity index (χ3v) is 2.99. The molecule has 20 heavy (non-hydrogen) atoms. The van der Waals surface area contributed by atoms with E-state index >= 15 is 0 Å². The van der Waals surface area contributed by atoms with Gasteiger partial charge in [-0.25, -0.2) is 9.97 Å². The van der Waals surface area contributed by atoms with Crippen LogP contribution in [0.4, 0.5) is 11.4 Å². The van der Waals surface area contributed by atoms with Crippen molar-refractivity contribution in [1.29, 1.82) is 0 Å². The predicted molar refractivity (Wildman–Crippen MR) is 75.1 cm³/mol. The molecular weight excluding hydrogens is 258 g/mol. The first-order valence-electron chi connectivity index (χ1n) is 5.92. The third kappa shape index (κ3) is 1.95. The number of imidazole rings is 1. The molecule has 3 rings (SSSR count). The minimum Gasteiger partial charge on any atom is -0.393 e. The van der Waals surface area contributed by atoms with E-state index in [-0.39, 0.29) is 11.4 Å². The van der Waals surface area contributed by atoms with E-state index in [0.717, 1.165) is 11.2 Å². The van der Waals surface area contributed by atoms with Gasteiger partial charge in [0.2, 0.25) is 0 Å². The number of nitrogens with two attached hydrogens (primary N) is 1. The zero-order chi connectivity index (χ0) is 14.3. The standard InChI is InChI=1S/C13H11N5O2/c1-7-2-5-10-13(15-7)17-12(16-10)8-3-4-9(14)11(6-8)18(19)20/h2-6H,14H2,1H3,(H,15,16,17). The van der Waals surface area contributed by atoms with Crippen LogP contribution in [0.1, 0.15) is 5.69 Å². The Bertz CT molecular complexity index is 825. The molecule has 0 radical (unpaired) electrons. The number of benzene rings is 1. The van der Waals surface area contributed by atoms with E-state index in [1.807, 2.05) is 19.1 Å². The quantitative estimate of drug-likeness (QED) is 0.421. The second-order valence-corrected chi connectivity index (χ2v) is 4.44. The van der Waals surface area contributed by atoms with Crippen LogP contribution >= 0.6 is 0 Å². The molecule has 0 unspecified atom stereocenters. The fraction of sp³-hybridized carbons (Fsp3) is 0.0769. The van der Waals surface area contributed by atoms with E-state index in [2.05, 4.69) is 15.0 Å². The Balaban J connectivity index is 2.15. The van der Waals surface area contributed by atoms with Crippen LogP contribution in [0.5, 0.6) is 0 Å². The highest BCUT2D eigenvalue weighted by Gasteiger charge is 2.14. The van der Waals surface area contributed by atoms with Crippen LogP contribution < -0.4 is 5.73 Å². The van der Waals surface area contributed by atoms with Crippen molar-refractivity contribution in [1.82, 2.24) is 15.0 Å². The Morgan fingerprint density at radius 2 is 2.05 bits per heavy atom. The van der Waals surface area contributed by atoms with Crippen molar-refractivity contribution >= 4 is 22.5 Å². The van der Waals surface area contributed by atoms with Gasteiger partial charge in [0.15, 0.2) is 5.65 Å². The van der Waals surface area contributed by atoms with Crippen LogP contribution in [0.25, 0.3) is 22.6 Å². The van der Waals surface area contributed by atoms with E-state index in [4.69, 9.17) is 5.73 Å². The van der Waals surface area contributed by atoms with Crippen molar-refractivity contribution in [2.75, 3.05) is 5.73 Å². The Labute approximate surface area is 113 Å². The van der Waals surface area contributed by atoms with Crippen LogP contribution in [-0.2, 0) is 0 Å². The molecule has 0 saturated heterocycles. The van der Waals surface area contributed by atoms with Crippen molar-refractivity contribution in [3.63, 3.8) is 0 Å². The lowest BCUT2D eigenvalue weighted by atomic mass is 10.1. The highest BCUT2D eigenvalue weighted by Crippen LogP contribution is 2.28. The van der Waals surface area contributed by atoms with Gasteiger partial charge in [0.05, 0.1) is 10.4 Å². The van der Waals surface area contributed by atoms with Crippen LogP contribution in [0.2, 0.25) is 0 Å². The topological polar surface area (TPSA) is 111 Å². The van der Waals surface area contributed by atoms with Crippen molar-refractivity contribution < 1.29 is 4.92 Å². The molecule has 0 spiro atoms. The number of aromatic nitrogens is 3. The Hall–Kier alpha value is -2.96. The highest BCUT2D eigenvalue weighted by atomic mass is 16.6. The average Bonchev–Trinajstić information content (AvgIpc) is 2.81. The summed E-state index contributed by atoms with van der Waals surface area (Å²) in [4.78, 5) is 22.1. The number of nitrogen functional groups attached to an aromatic ring is 1. The number of hydrogen-bond acceptors (Lipinski definition) is 5. The number of H-pyrrole nitrogens is 1. The van der Waals surface area contributed by atoms with Gasteiger partial charge >= 0.3 is 0 Å². The summed E-state index contributed by atoms with van der Waals surface area (Å²) >= 11 is 0. The van der Waals surface area contributed by atoms with Gasteiger partial charge in [-0.2, -0.15) is 0 Å². The summed E-state index contributed by atoms with van der Waals surface area (Å²) in [5, 5.41) is 10.9. The van der Waals surface area contributed by atoms with Crippen molar-refractivity contribution in [2.45, 2.75) is 6.92 Å². The van der Waals surface area contributed by atoms with Crippen molar-refractivity contribution in [2.24, 2.45) is 0 Å². The van der Waals surface area contributed by atoms with Gasteiger partial charge in [-0.05, 0) is 31.2 Å². The molecule has 7 nitrogen and oxygen atoms in total. The Morgan fingerprint density at radius 3 is 2.80 bits per heavy atom. The monoisotopic (exact) mass is 269 g/mol. The third-order valence-electron chi connectivity index (χ3n) is 2.99. The first kappa shape index (κ1) is 12.1. The molecule has 100 valence electrons. The molecule has 0 saturated carbocycles. The normalized spacial score (nSPS) is 10.8. The van der Waals surface area contributed by atoms with E-state index < -0.39 is 4.92 Å². The Morgan fingerprint density at radius 1 is 1.25 bits per heavy atom. The van der Waals surface area contributed by atoms with Gasteiger partial charge < -0.3 is 10.7 Å². The molecule has 0 amide bonds. The largest absolute Gasteiger partial charge is 0.393 e. The maximum atomic E-state index is 10.9. The number of nitro benzene ring substituents is 1. The minimum absolute atomic E-state index is 0.129. The van der Waals surface area contributed by atoms with Gasteiger partial charge in [-0.1, -0.05) is 0 Å². The molecule has 0 fully saturated rings. The van der Waals surface area contributed by atoms with Crippen LogP contribution in [0.15, 0.2) is 30.3 Å². The summed E-state index contributed by atoms with van der Waals surface area (Å²) in [6.07, 6.45) is 0. The van der Waals surface area contributed by atoms with Crippen molar-refractivity contribution in [3.05, 3.63) is 46.1 Å². The van der Waals surface area contributed by atoms with Gasteiger partial charge in [0.1, 0.15) is 11.5 Å². The molecule has 2 aromatic heterocycles. The minimum atomic E-state index is -0.510. The van der Waals surface area contributed by atoms with Gasteiger partial charge in [0.25, 0.3) is 5.69 Å². The smallest absolute Gasteiger partial charge is 0.292 e. The number of anilines is 1. The number of aromatic amines is 1. The summed E-state index contributed by atoms with van der Waals surface area (Å²) < 4.78 is 0. The van der Waals surface area contributed by atoms with E-state index in [1.165, 1.54) is 12.1 Å². The van der Waals surface area contributed by atoms with Gasteiger partial charge in [-0.3, -0.25) is 10.1 Å². The zero-order valence-corrected chi connectivity index (χ0v) is 10.6. The second-order valence-electron chi connectivity index (χ2n) is 4.44. The number of nitrogens with zero attached hydrogens (tertiary/aromatic N) is 3. The molecule has 7 heteroatoms. The summed E-state index contributed by atoms with van der Waals surface area (Å²) in [6.45, 7) is 1.88. The van der Waals surface area contributed by atoms with Crippen LogP contribution in [0, 0.1) is 17.0 Å². The molecule has 0 bridgehead atoms. The fourth-order valence-electron chi connectivity index (χ4n) is 1.97. The lowest BCUT2D eigenvalue weighted by Crippen LogP contribution is -1.96. The molecule has 3 aromatic rings. The molecule has 1 aromatic carbocycles. The number of fused-ring (bicyclic) bond motifs is 1. The molecule has 2 heterocycles. The number of hydrogen-bond donors (Lipinski definition) is 2. The van der Waals surface area contributed by atoms with E-state index in [0.29, 0.717) is 17.0 Å². The Kier molecular flexibility index (Phi) is 2.60. The highest BCUT2D eigenvalue weighted by molar-refractivity contribution is 5.77. The van der Waals surface area contributed by atoms with Crippen LogP contribution in [0.3, 0.4) is 0 Å². The second kappa shape index (κ2) is 4.30. The maximum absolute atomic E-state index is 10.9. The number of rotatable bonds is 2. The fourth-order valence-corrected chi connectivity index (χ4v) is 1.97. The lowest BCUT2D eigenvalue weighted by Gasteiger charge is -1.99. The van der Waals surface area contributed by atoms with E-state index in [1.54, 1.807) is 6.07 Å². The summed E-state index contributed by atoms with van der Waals surface area (Å²) in [6, 6.07) is 8.34. The number of pyridine rings is 1. The molecule has 0 aliphatic rings. The van der Waals surface area contributed by atoms with Crippen molar-refractivity contribution in [3.8, 4) is 11.4 Å². The molecule has 0 aliphatic carbocycles. The molecule has 0 atom stereocenters. The molecule has 0 aliphatic heterocycles. The summed E-state index contributed by atoms with van der Waals surface area (Å²) in [5.41, 5.74) is 8.40. The summed E-state index contributed by atoms with van der Waals surface area (Å²) in [5.74, 6) is 0.529. The van der Waals surface area contributed by atoms with Gasteiger partial charge in [-0.15, -0.1) is 0 Å². The summed E-state index contributed by atoms with van der Waals surface area (Å²) in [7, 11) is 0. The van der Waals surface area contributed by atoms with Crippen LogP contribution in [-0.4, -0.2) is 19.9 Å². The maximum Gasteiger partial charge on any atom is 0.292 e. The SMILES string of the molecule is Cc1ccc2[nH]c(-c3ccc(N)c([N+](=O)[O-])c3)nc2n1. The zero-order valence-electron chi connectivity index (χ0n) is 10.6. The number of aryl methyl sites for hydroxylation is 1. The number of nitrogens with one attached hydrogen (secondary N) is 1.